The fraction of sp³-hybridized carbons (Fsp3) is 1.00. The van der Waals surface area contributed by atoms with Gasteiger partial charge in [0.2, 0.25) is 0 Å². The van der Waals surface area contributed by atoms with Gasteiger partial charge in [0.05, 0.1) is 0 Å². The molecule has 0 aromatic heterocycles. The van der Waals surface area contributed by atoms with Crippen molar-refractivity contribution in [2.75, 3.05) is 13.1 Å². The smallest absolute Gasteiger partial charge is 0.0385 e. The molecule has 0 spiro atoms. The van der Waals surface area contributed by atoms with E-state index < -0.39 is 0 Å². The van der Waals surface area contributed by atoms with Gasteiger partial charge in [0.1, 0.15) is 0 Å². The molecular weight excluding hydrogens is 196 g/mol. The molecule has 3 fully saturated rings. The molecular formula is C14H26N2. The predicted octanol–water partition coefficient (Wildman–Crippen LogP) is 2.38. The van der Waals surface area contributed by atoms with Gasteiger partial charge in [-0.3, -0.25) is 4.90 Å². The molecule has 2 aliphatic carbocycles. The highest BCUT2D eigenvalue weighted by Gasteiger charge is 2.56. The normalized spacial score (nSPS) is 46.7. The summed E-state index contributed by atoms with van der Waals surface area (Å²) < 4.78 is 0. The second-order valence-corrected chi connectivity index (χ2v) is 6.96. The van der Waals surface area contributed by atoms with Gasteiger partial charge in [-0.2, -0.15) is 0 Å². The largest absolute Gasteiger partial charge is 0.329 e. The summed E-state index contributed by atoms with van der Waals surface area (Å²) in [6, 6.07) is 0.867. The molecule has 2 nitrogen and oxygen atoms in total. The molecule has 3 unspecified atom stereocenters. The molecule has 2 saturated carbocycles. The second kappa shape index (κ2) is 3.46. The Balaban J connectivity index is 1.90. The van der Waals surface area contributed by atoms with E-state index in [9.17, 15) is 0 Å². The Hall–Kier alpha value is -0.0800. The van der Waals surface area contributed by atoms with Crippen molar-refractivity contribution in [2.45, 2.75) is 64.0 Å². The maximum Gasteiger partial charge on any atom is 0.0385 e. The Morgan fingerprint density at radius 3 is 2.50 bits per heavy atom. The number of fused-ring (bicyclic) bond motifs is 2. The highest BCUT2D eigenvalue weighted by atomic mass is 15.3. The Morgan fingerprint density at radius 1 is 1.25 bits per heavy atom. The number of nitrogens with zero attached hydrogens (tertiary/aromatic N) is 1. The van der Waals surface area contributed by atoms with Crippen molar-refractivity contribution in [1.29, 1.82) is 0 Å². The Labute approximate surface area is 99.6 Å². The van der Waals surface area contributed by atoms with Crippen LogP contribution in [0.25, 0.3) is 0 Å². The van der Waals surface area contributed by atoms with Crippen LogP contribution in [0.1, 0.15) is 52.4 Å². The van der Waals surface area contributed by atoms with Gasteiger partial charge in [-0.25, -0.2) is 0 Å². The van der Waals surface area contributed by atoms with Crippen LogP contribution >= 0.6 is 0 Å². The number of hydrogen-bond acceptors (Lipinski definition) is 2. The van der Waals surface area contributed by atoms with Gasteiger partial charge in [0.15, 0.2) is 0 Å². The van der Waals surface area contributed by atoms with E-state index in [1.54, 1.807) is 0 Å². The molecule has 0 aromatic carbocycles. The average Bonchev–Trinajstić information content (AvgIpc) is 2.90. The zero-order valence-electron chi connectivity index (χ0n) is 10.8. The van der Waals surface area contributed by atoms with Crippen LogP contribution in [0, 0.1) is 11.3 Å². The Morgan fingerprint density at radius 2 is 2.06 bits per heavy atom. The quantitative estimate of drug-likeness (QED) is 0.777. The monoisotopic (exact) mass is 222 g/mol. The first-order valence-electron chi connectivity index (χ1n) is 7.06. The standard InChI is InChI=1S/C14H26N2/c1-13(2)6-3-7-14(13,10-15)16-9-11-4-5-12(16)8-11/h11-12H,3-10,15H2,1-2H3. The number of rotatable bonds is 2. The molecule has 1 aliphatic heterocycles. The molecule has 1 saturated heterocycles. The van der Waals surface area contributed by atoms with Crippen molar-refractivity contribution in [3.63, 3.8) is 0 Å². The van der Waals surface area contributed by atoms with Crippen LogP contribution in [-0.2, 0) is 0 Å². The molecule has 0 aromatic rings. The van der Waals surface area contributed by atoms with Crippen LogP contribution in [0.15, 0.2) is 0 Å². The van der Waals surface area contributed by atoms with Crippen LogP contribution in [0.4, 0.5) is 0 Å². The molecule has 3 rings (SSSR count). The van der Waals surface area contributed by atoms with E-state index in [1.165, 1.54) is 45.1 Å². The van der Waals surface area contributed by atoms with Gasteiger partial charge in [0.25, 0.3) is 0 Å². The topological polar surface area (TPSA) is 29.3 Å². The van der Waals surface area contributed by atoms with Gasteiger partial charge in [-0.1, -0.05) is 20.3 Å². The molecule has 0 radical (unpaired) electrons. The van der Waals surface area contributed by atoms with Crippen molar-refractivity contribution in [2.24, 2.45) is 17.1 Å². The van der Waals surface area contributed by atoms with Crippen LogP contribution in [0.5, 0.6) is 0 Å². The summed E-state index contributed by atoms with van der Waals surface area (Å²) in [5.74, 6) is 0.991. The summed E-state index contributed by atoms with van der Waals surface area (Å²) in [6.07, 6.45) is 8.43. The van der Waals surface area contributed by atoms with Crippen molar-refractivity contribution < 1.29 is 0 Å². The summed E-state index contributed by atoms with van der Waals surface area (Å²) >= 11 is 0. The minimum absolute atomic E-state index is 0.326. The molecule has 16 heavy (non-hydrogen) atoms. The first kappa shape index (κ1) is 11.0. The molecule has 3 atom stereocenters. The fourth-order valence-corrected chi connectivity index (χ4v) is 4.87. The van der Waals surface area contributed by atoms with E-state index in [0.717, 1.165) is 18.5 Å². The van der Waals surface area contributed by atoms with Crippen molar-refractivity contribution in [3.8, 4) is 0 Å². The molecule has 1 heterocycles. The van der Waals surface area contributed by atoms with E-state index in [2.05, 4.69) is 18.7 Å². The Bertz CT molecular complexity index is 286. The van der Waals surface area contributed by atoms with Gasteiger partial charge in [0, 0.05) is 24.7 Å². The van der Waals surface area contributed by atoms with Crippen molar-refractivity contribution in [3.05, 3.63) is 0 Å². The van der Waals surface area contributed by atoms with E-state index in [0.29, 0.717) is 11.0 Å². The molecule has 2 N–H and O–H groups in total. The van der Waals surface area contributed by atoms with Crippen LogP contribution in [0.3, 0.4) is 0 Å². The maximum atomic E-state index is 6.21. The van der Waals surface area contributed by atoms with E-state index in [1.807, 2.05) is 0 Å². The lowest BCUT2D eigenvalue weighted by Gasteiger charge is -2.51. The summed E-state index contributed by atoms with van der Waals surface area (Å²) in [5.41, 5.74) is 6.96. The highest BCUT2D eigenvalue weighted by molar-refractivity contribution is 5.11. The Kier molecular flexibility index (Phi) is 2.38. The first-order chi connectivity index (χ1) is 7.59. The zero-order valence-corrected chi connectivity index (χ0v) is 10.8. The zero-order chi connectivity index (χ0) is 11.4. The third-order valence-electron chi connectivity index (χ3n) is 5.95. The van der Waals surface area contributed by atoms with Gasteiger partial charge >= 0.3 is 0 Å². The lowest BCUT2D eigenvalue weighted by Crippen LogP contribution is -2.61. The highest BCUT2D eigenvalue weighted by Crippen LogP contribution is 2.54. The van der Waals surface area contributed by atoms with Crippen LogP contribution in [-0.4, -0.2) is 29.6 Å². The molecule has 92 valence electrons. The summed E-state index contributed by atoms with van der Waals surface area (Å²) in [6.45, 7) is 7.09. The SMILES string of the molecule is CC1(C)CCCC1(CN)N1CC2CCC1C2. The number of likely N-dealkylation sites (tertiary alicyclic amines) is 1. The third-order valence-corrected chi connectivity index (χ3v) is 5.95. The van der Waals surface area contributed by atoms with E-state index in [4.69, 9.17) is 5.73 Å². The molecule has 3 aliphatic rings. The number of hydrogen-bond donors (Lipinski definition) is 1. The van der Waals surface area contributed by atoms with Gasteiger partial charge in [-0.15, -0.1) is 0 Å². The van der Waals surface area contributed by atoms with Gasteiger partial charge < -0.3 is 5.73 Å². The minimum Gasteiger partial charge on any atom is -0.329 e. The third kappa shape index (κ3) is 1.26. The number of piperidine rings is 1. The van der Waals surface area contributed by atoms with Crippen LogP contribution < -0.4 is 5.73 Å². The second-order valence-electron chi connectivity index (χ2n) is 6.96. The minimum atomic E-state index is 0.326. The van der Waals surface area contributed by atoms with E-state index >= 15 is 0 Å². The average molecular weight is 222 g/mol. The van der Waals surface area contributed by atoms with Crippen molar-refractivity contribution in [1.82, 2.24) is 4.90 Å². The molecule has 0 amide bonds. The van der Waals surface area contributed by atoms with Crippen molar-refractivity contribution >= 4 is 0 Å². The summed E-state index contributed by atoms with van der Waals surface area (Å²) in [5, 5.41) is 0. The summed E-state index contributed by atoms with van der Waals surface area (Å²) in [4.78, 5) is 2.83. The van der Waals surface area contributed by atoms with Gasteiger partial charge in [-0.05, 0) is 43.4 Å². The lowest BCUT2D eigenvalue weighted by molar-refractivity contribution is -0.00934. The van der Waals surface area contributed by atoms with E-state index in [-0.39, 0.29) is 0 Å². The maximum absolute atomic E-state index is 6.21. The lowest BCUT2D eigenvalue weighted by atomic mass is 9.73. The fourth-order valence-electron chi connectivity index (χ4n) is 4.87. The first-order valence-corrected chi connectivity index (χ1v) is 7.06. The molecule has 2 heteroatoms. The number of nitrogens with two attached hydrogens (primary N) is 1. The molecule has 2 bridgehead atoms. The summed E-state index contributed by atoms with van der Waals surface area (Å²) in [7, 11) is 0. The van der Waals surface area contributed by atoms with Crippen LogP contribution in [0.2, 0.25) is 0 Å². The predicted molar refractivity (Wildman–Crippen MR) is 67.3 cm³/mol.